The monoisotopic (exact) mass is 162 g/mol. The van der Waals surface area contributed by atoms with E-state index in [0.29, 0.717) is 6.42 Å². The van der Waals surface area contributed by atoms with Crippen LogP contribution in [0.1, 0.15) is 27.2 Å². The van der Waals surface area contributed by atoms with Gasteiger partial charge in [0.25, 0.3) is 0 Å². The Morgan fingerprint density at radius 2 is 1.90 bits per heavy atom. The predicted octanol–water partition coefficient (Wildman–Crippen LogP) is 1.55. The van der Waals surface area contributed by atoms with Gasteiger partial charge in [0.1, 0.15) is 0 Å². The molecular weight excluding hydrogens is 152 g/mol. The molecule has 0 aliphatic carbocycles. The van der Waals surface area contributed by atoms with Gasteiger partial charge in [0.2, 0.25) is 0 Å². The third-order valence-electron chi connectivity index (χ3n) is 1.51. The molecule has 0 spiro atoms. The van der Waals surface area contributed by atoms with Gasteiger partial charge in [0, 0.05) is 6.42 Å². The van der Waals surface area contributed by atoms with Gasteiger partial charge in [-0.15, -0.1) is 11.6 Å². The second-order valence-corrected chi connectivity index (χ2v) is 3.09. The number of halogens is 1. The van der Waals surface area contributed by atoms with Crippen LogP contribution >= 0.6 is 11.6 Å². The molecule has 0 rings (SSSR count). The largest absolute Gasteiger partial charge is 0.298 e. The van der Waals surface area contributed by atoms with E-state index >= 15 is 0 Å². The van der Waals surface area contributed by atoms with Crippen LogP contribution in [0.15, 0.2) is 0 Å². The van der Waals surface area contributed by atoms with Gasteiger partial charge in [-0.3, -0.25) is 9.59 Å². The molecule has 0 aromatic heterocycles. The highest BCUT2D eigenvalue weighted by Gasteiger charge is 2.33. The molecule has 0 N–H and O–H groups in total. The summed E-state index contributed by atoms with van der Waals surface area (Å²) in [5, 5.41) is 0. The molecule has 0 aromatic rings. The predicted molar refractivity (Wildman–Crippen MR) is 40.2 cm³/mol. The molecular formula is C7H11ClO2. The van der Waals surface area contributed by atoms with Gasteiger partial charge in [-0.1, -0.05) is 6.92 Å². The molecule has 58 valence electrons. The maximum absolute atomic E-state index is 10.9. The SMILES string of the molecule is CCC(=O)C(C)(Cl)C(C)=O. The zero-order chi connectivity index (χ0) is 8.36. The maximum Gasteiger partial charge on any atom is 0.160 e. The van der Waals surface area contributed by atoms with Crippen LogP contribution in [0.4, 0.5) is 0 Å². The molecule has 0 heterocycles. The lowest BCUT2D eigenvalue weighted by Crippen LogP contribution is -2.35. The van der Waals surface area contributed by atoms with Crippen molar-refractivity contribution in [3.63, 3.8) is 0 Å². The van der Waals surface area contributed by atoms with E-state index in [0.717, 1.165) is 0 Å². The van der Waals surface area contributed by atoms with Crippen molar-refractivity contribution in [1.82, 2.24) is 0 Å². The lowest BCUT2D eigenvalue weighted by atomic mass is 10.00. The fourth-order valence-electron chi connectivity index (χ4n) is 0.528. The van der Waals surface area contributed by atoms with Gasteiger partial charge >= 0.3 is 0 Å². The Bertz CT molecular complexity index is 161. The average molecular weight is 163 g/mol. The van der Waals surface area contributed by atoms with Gasteiger partial charge < -0.3 is 0 Å². The zero-order valence-corrected chi connectivity index (χ0v) is 7.16. The standard InChI is InChI=1S/C7H11ClO2/c1-4-6(10)7(3,8)5(2)9/h4H2,1-3H3. The summed E-state index contributed by atoms with van der Waals surface area (Å²) in [5.74, 6) is -0.511. The Morgan fingerprint density at radius 3 is 2.00 bits per heavy atom. The highest BCUT2D eigenvalue weighted by molar-refractivity contribution is 6.46. The highest BCUT2D eigenvalue weighted by atomic mass is 35.5. The van der Waals surface area contributed by atoms with Crippen molar-refractivity contribution in [1.29, 1.82) is 0 Å². The molecule has 0 aliphatic rings. The number of hydrogen-bond acceptors (Lipinski definition) is 2. The first-order chi connectivity index (χ1) is 4.42. The Labute approximate surface area is 65.6 Å². The molecule has 0 bridgehead atoms. The van der Waals surface area contributed by atoms with Crippen molar-refractivity contribution in [2.24, 2.45) is 0 Å². The summed E-state index contributed by atoms with van der Waals surface area (Å²) in [4.78, 5) is 20.3. The van der Waals surface area contributed by atoms with Crippen LogP contribution in [0.2, 0.25) is 0 Å². The van der Waals surface area contributed by atoms with Crippen molar-refractivity contribution in [2.75, 3.05) is 0 Å². The highest BCUT2D eigenvalue weighted by Crippen LogP contribution is 2.18. The lowest BCUT2D eigenvalue weighted by molar-refractivity contribution is -0.129. The maximum atomic E-state index is 10.9. The van der Waals surface area contributed by atoms with E-state index in [9.17, 15) is 9.59 Å². The number of carbonyl (C=O) groups excluding carboxylic acids is 2. The first-order valence-corrected chi connectivity index (χ1v) is 3.54. The van der Waals surface area contributed by atoms with E-state index in [1.807, 2.05) is 0 Å². The number of carbonyl (C=O) groups is 2. The van der Waals surface area contributed by atoms with Crippen molar-refractivity contribution in [3.8, 4) is 0 Å². The fraction of sp³-hybridized carbons (Fsp3) is 0.714. The summed E-state index contributed by atoms with van der Waals surface area (Å²) >= 11 is 5.62. The molecule has 0 saturated heterocycles. The zero-order valence-electron chi connectivity index (χ0n) is 6.40. The Balaban J connectivity index is 4.40. The summed E-state index contributed by atoms with van der Waals surface area (Å²) < 4.78 is 0. The van der Waals surface area contributed by atoms with Crippen molar-refractivity contribution < 1.29 is 9.59 Å². The first-order valence-electron chi connectivity index (χ1n) is 3.16. The van der Waals surface area contributed by atoms with Gasteiger partial charge in [-0.05, 0) is 13.8 Å². The van der Waals surface area contributed by atoms with Crippen molar-refractivity contribution >= 4 is 23.2 Å². The summed E-state index contributed by atoms with van der Waals surface area (Å²) in [6.45, 7) is 4.44. The summed E-state index contributed by atoms with van der Waals surface area (Å²) in [5.41, 5.74) is 0. The molecule has 0 aromatic carbocycles. The minimum absolute atomic E-state index is 0.221. The Hall–Kier alpha value is -0.370. The summed E-state index contributed by atoms with van der Waals surface area (Å²) in [6, 6.07) is 0. The van der Waals surface area contributed by atoms with Crippen LogP contribution < -0.4 is 0 Å². The number of ketones is 2. The molecule has 2 nitrogen and oxygen atoms in total. The minimum atomic E-state index is -1.30. The van der Waals surface area contributed by atoms with E-state index in [1.165, 1.54) is 13.8 Å². The van der Waals surface area contributed by atoms with Gasteiger partial charge in [0.05, 0.1) is 0 Å². The van der Waals surface area contributed by atoms with E-state index in [2.05, 4.69) is 0 Å². The van der Waals surface area contributed by atoms with Crippen LogP contribution in [-0.4, -0.2) is 16.4 Å². The number of hydrogen-bond donors (Lipinski definition) is 0. The van der Waals surface area contributed by atoms with Gasteiger partial charge in [-0.25, -0.2) is 0 Å². The van der Waals surface area contributed by atoms with Crippen LogP contribution in [0.3, 0.4) is 0 Å². The summed E-state index contributed by atoms with van der Waals surface area (Å²) in [6.07, 6.45) is 0.305. The number of alkyl halides is 1. The van der Waals surface area contributed by atoms with Gasteiger partial charge in [-0.2, -0.15) is 0 Å². The first kappa shape index (κ1) is 9.63. The quantitative estimate of drug-likeness (QED) is 0.466. The minimum Gasteiger partial charge on any atom is -0.298 e. The molecule has 0 amide bonds. The molecule has 10 heavy (non-hydrogen) atoms. The second kappa shape index (κ2) is 3.15. The lowest BCUT2D eigenvalue weighted by Gasteiger charge is -2.14. The molecule has 0 aliphatic heterocycles. The number of Topliss-reactive ketones (excluding diaryl/α,β-unsaturated/α-hetero) is 2. The smallest absolute Gasteiger partial charge is 0.160 e. The second-order valence-electron chi connectivity index (χ2n) is 2.34. The van der Waals surface area contributed by atoms with E-state index < -0.39 is 4.87 Å². The van der Waals surface area contributed by atoms with Crippen molar-refractivity contribution in [2.45, 2.75) is 32.1 Å². The third kappa shape index (κ3) is 1.81. The van der Waals surface area contributed by atoms with Crippen molar-refractivity contribution in [3.05, 3.63) is 0 Å². The van der Waals surface area contributed by atoms with E-state index in [1.54, 1.807) is 6.92 Å². The Morgan fingerprint density at radius 1 is 1.50 bits per heavy atom. The normalized spacial score (nSPS) is 16.0. The van der Waals surface area contributed by atoms with E-state index in [4.69, 9.17) is 11.6 Å². The number of rotatable bonds is 3. The third-order valence-corrected chi connectivity index (χ3v) is 1.98. The van der Waals surface area contributed by atoms with Crippen LogP contribution in [-0.2, 0) is 9.59 Å². The van der Waals surface area contributed by atoms with Crippen LogP contribution in [0.25, 0.3) is 0 Å². The summed E-state index contributed by atoms with van der Waals surface area (Å²) in [7, 11) is 0. The van der Waals surface area contributed by atoms with Crippen LogP contribution in [0, 0.1) is 0 Å². The van der Waals surface area contributed by atoms with Gasteiger partial charge in [0.15, 0.2) is 16.4 Å². The molecule has 0 saturated carbocycles. The fourth-order valence-corrected chi connectivity index (χ4v) is 0.662. The molecule has 1 unspecified atom stereocenters. The van der Waals surface area contributed by atoms with Crippen LogP contribution in [0.5, 0.6) is 0 Å². The molecule has 3 heteroatoms. The Kier molecular flexibility index (Phi) is 3.03. The molecule has 0 fully saturated rings. The topological polar surface area (TPSA) is 34.1 Å². The molecule has 1 atom stereocenters. The average Bonchev–Trinajstić information content (AvgIpc) is 1.86. The van der Waals surface area contributed by atoms with E-state index in [-0.39, 0.29) is 11.6 Å². The molecule has 0 radical (unpaired) electrons.